The highest BCUT2D eigenvalue weighted by molar-refractivity contribution is 5.33. The van der Waals surface area contributed by atoms with Gasteiger partial charge in [-0.3, -0.25) is 0 Å². The lowest BCUT2D eigenvalue weighted by Gasteiger charge is -2.10. The molecule has 4 nitrogen and oxygen atoms in total. The van der Waals surface area contributed by atoms with E-state index in [4.69, 9.17) is 19.3 Å². The molecule has 1 N–H and O–H groups in total. The second-order valence-electron chi connectivity index (χ2n) is 3.89. The Morgan fingerprint density at radius 1 is 1.06 bits per heavy atom. The minimum absolute atomic E-state index is 0.139. The molecule has 0 saturated heterocycles. The Balaban J connectivity index is 2.18. The summed E-state index contributed by atoms with van der Waals surface area (Å²) >= 11 is 0. The average molecular weight is 254 g/mol. The van der Waals surface area contributed by atoms with Crippen molar-refractivity contribution in [3.63, 3.8) is 0 Å². The Kier molecular flexibility index (Phi) is 8.21. The SMILES string of the molecule is COCCOCCCOc1ccccc1CCO. The zero-order valence-corrected chi connectivity index (χ0v) is 10.9. The predicted molar refractivity (Wildman–Crippen MR) is 70.0 cm³/mol. The lowest BCUT2D eigenvalue weighted by molar-refractivity contribution is 0.0644. The van der Waals surface area contributed by atoms with Crippen LogP contribution in [0, 0.1) is 0 Å². The molecule has 0 amide bonds. The topological polar surface area (TPSA) is 47.9 Å². The first-order valence-electron chi connectivity index (χ1n) is 6.26. The monoisotopic (exact) mass is 254 g/mol. The van der Waals surface area contributed by atoms with E-state index in [9.17, 15) is 0 Å². The molecule has 0 atom stereocenters. The summed E-state index contributed by atoms with van der Waals surface area (Å²) in [7, 11) is 1.66. The van der Waals surface area contributed by atoms with Crippen LogP contribution in [0.2, 0.25) is 0 Å². The van der Waals surface area contributed by atoms with Crippen molar-refractivity contribution in [1.29, 1.82) is 0 Å². The molecule has 0 radical (unpaired) electrons. The maximum Gasteiger partial charge on any atom is 0.122 e. The van der Waals surface area contributed by atoms with E-state index >= 15 is 0 Å². The van der Waals surface area contributed by atoms with Crippen LogP contribution in [0.25, 0.3) is 0 Å². The molecule has 0 bridgehead atoms. The number of aliphatic hydroxyl groups excluding tert-OH is 1. The first-order chi connectivity index (χ1) is 8.88. The van der Waals surface area contributed by atoms with E-state index in [-0.39, 0.29) is 6.61 Å². The predicted octanol–water partition coefficient (Wildman–Crippen LogP) is 1.65. The van der Waals surface area contributed by atoms with E-state index < -0.39 is 0 Å². The van der Waals surface area contributed by atoms with Gasteiger partial charge in [0.15, 0.2) is 0 Å². The minimum Gasteiger partial charge on any atom is -0.493 e. The second-order valence-corrected chi connectivity index (χ2v) is 3.89. The van der Waals surface area contributed by atoms with Gasteiger partial charge in [-0.2, -0.15) is 0 Å². The van der Waals surface area contributed by atoms with Gasteiger partial charge in [-0.15, -0.1) is 0 Å². The zero-order chi connectivity index (χ0) is 13.1. The number of ether oxygens (including phenoxy) is 3. The number of rotatable bonds is 10. The van der Waals surface area contributed by atoms with Gasteiger partial charge in [-0.05, 0) is 18.1 Å². The summed E-state index contributed by atoms with van der Waals surface area (Å²) in [5, 5.41) is 8.95. The fourth-order valence-electron chi connectivity index (χ4n) is 1.56. The number of methoxy groups -OCH3 is 1. The Morgan fingerprint density at radius 3 is 2.67 bits per heavy atom. The van der Waals surface area contributed by atoms with Crippen LogP contribution in [0.15, 0.2) is 24.3 Å². The number of aliphatic hydroxyl groups is 1. The number of hydrogen-bond acceptors (Lipinski definition) is 4. The van der Waals surface area contributed by atoms with Gasteiger partial charge in [-0.1, -0.05) is 18.2 Å². The van der Waals surface area contributed by atoms with Gasteiger partial charge in [0.05, 0.1) is 19.8 Å². The standard InChI is InChI=1S/C14H22O4/c1-16-11-12-17-9-4-10-18-14-6-3-2-5-13(14)7-8-15/h2-3,5-6,15H,4,7-12H2,1H3. The third-order valence-corrected chi connectivity index (χ3v) is 2.48. The van der Waals surface area contributed by atoms with E-state index in [1.54, 1.807) is 7.11 Å². The largest absolute Gasteiger partial charge is 0.493 e. The van der Waals surface area contributed by atoms with Gasteiger partial charge < -0.3 is 19.3 Å². The first-order valence-corrected chi connectivity index (χ1v) is 6.26. The molecule has 0 saturated carbocycles. The molecular formula is C14H22O4. The highest BCUT2D eigenvalue weighted by atomic mass is 16.5. The summed E-state index contributed by atoms with van der Waals surface area (Å²) in [4.78, 5) is 0. The molecule has 4 heteroatoms. The van der Waals surface area contributed by atoms with E-state index in [0.717, 1.165) is 17.7 Å². The quantitative estimate of drug-likeness (QED) is 0.645. The van der Waals surface area contributed by atoms with Crippen LogP contribution in [0.1, 0.15) is 12.0 Å². The van der Waals surface area contributed by atoms with Crippen LogP contribution in [0.3, 0.4) is 0 Å². The molecule has 18 heavy (non-hydrogen) atoms. The van der Waals surface area contributed by atoms with Crippen molar-refractivity contribution >= 4 is 0 Å². The lowest BCUT2D eigenvalue weighted by Crippen LogP contribution is -2.07. The molecule has 0 spiro atoms. The summed E-state index contributed by atoms with van der Waals surface area (Å²) in [5.41, 5.74) is 1.04. The normalized spacial score (nSPS) is 10.6. The summed E-state index contributed by atoms with van der Waals surface area (Å²) in [5.74, 6) is 0.850. The van der Waals surface area contributed by atoms with Crippen LogP contribution < -0.4 is 4.74 Å². The third kappa shape index (κ3) is 6.00. The van der Waals surface area contributed by atoms with Crippen LogP contribution in [-0.4, -0.2) is 45.3 Å². The fraction of sp³-hybridized carbons (Fsp3) is 0.571. The molecule has 1 aromatic carbocycles. The Morgan fingerprint density at radius 2 is 1.89 bits per heavy atom. The number of para-hydroxylation sites is 1. The number of benzene rings is 1. The average Bonchev–Trinajstić information content (AvgIpc) is 2.40. The van der Waals surface area contributed by atoms with Gasteiger partial charge >= 0.3 is 0 Å². The molecule has 0 fully saturated rings. The lowest BCUT2D eigenvalue weighted by atomic mass is 10.1. The summed E-state index contributed by atoms with van der Waals surface area (Å²) in [6.07, 6.45) is 1.47. The van der Waals surface area contributed by atoms with Gasteiger partial charge in [-0.25, -0.2) is 0 Å². The Hall–Kier alpha value is -1.10. The number of hydrogen-bond donors (Lipinski definition) is 1. The summed E-state index contributed by atoms with van der Waals surface area (Å²) in [6, 6.07) is 7.79. The summed E-state index contributed by atoms with van der Waals surface area (Å²) in [6.45, 7) is 2.68. The highest BCUT2D eigenvalue weighted by Gasteiger charge is 2.01. The van der Waals surface area contributed by atoms with E-state index in [0.29, 0.717) is 32.8 Å². The highest BCUT2D eigenvalue weighted by Crippen LogP contribution is 2.18. The van der Waals surface area contributed by atoms with Crippen molar-refractivity contribution in [3.05, 3.63) is 29.8 Å². The maximum absolute atomic E-state index is 8.95. The second kappa shape index (κ2) is 9.88. The van der Waals surface area contributed by atoms with Gasteiger partial charge in [0.1, 0.15) is 5.75 Å². The zero-order valence-electron chi connectivity index (χ0n) is 10.9. The van der Waals surface area contributed by atoms with Crippen molar-refractivity contribution in [3.8, 4) is 5.75 Å². The van der Waals surface area contributed by atoms with E-state index in [1.807, 2.05) is 24.3 Å². The van der Waals surface area contributed by atoms with Crippen LogP contribution in [0.4, 0.5) is 0 Å². The van der Waals surface area contributed by atoms with Crippen LogP contribution in [0.5, 0.6) is 5.75 Å². The van der Waals surface area contributed by atoms with Crippen LogP contribution in [-0.2, 0) is 15.9 Å². The molecule has 0 aromatic heterocycles. The molecule has 0 heterocycles. The molecular weight excluding hydrogens is 232 g/mol. The van der Waals surface area contributed by atoms with Gasteiger partial charge in [0, 0.05) is 26.7 Å². The Bertz CT molecular complexity index is 314. The first kappa shape index (κ1) is 15.0. The molecule has 0 aliphatic heterocycles. The maximum atomic E-state index is 8.95. The minimum atomic E-state index is 0.139. The summed E-state index contributed by atoms with van der Waals surface area (Å²) < 4.78 is 15.9. The van der Waals surface area contributed by atoms with E-state index in [2.05, 4.69) is 0 Å². The Labute approximate surface area is 108 Å². The molecule has 0 aliphatic rings. The van der Waals surface area contributed by atoms with Crippen LogP contribution >= 0.6 is 0 Å². The van der Waals surface area contributed by atoms with E-state index in [1.165, 1.54) is 0 Å². The van der Waals surface area contributed by atoms with Crippen molar-refractivity contribution < 1.29 is 19.3 Å². The third-order valence-electron chi connectivity index (χ3n) is 2.48. The van der Waals surface area contributed by atoms with Crippen molar-refractivity contribution in [2.24, 2.45) is 0 Å². The van der Waals surface area contributed by atoms with Gasteiger partial charge in [0.2, 0.25) is 0 Å². The molecule has 102 valence electrons. The molecule has 1 rings (SSSR count). The van der Waals surface area contributed by atoms with Gasteiger partial charge in [0.25, 0.3) is 0 Å². The van der Waals surface area contributed by atoms with Crippen molar-refractivity contribution in [2.45, 2.75) is 12.8 Å². The molecule has 0 unspecified atom stereocenters. The molecule has 0 aliphatic carbocycles. The fourth-order valence-corrected chi connectivity index (χ4v) is 1.56. The van der Waals surface area contributed by atoms with Crippen molar-refractivity contribution in [1.82, 2.24) is 0 Å². The molecule has 1 aromatic rings. The van der Waals surface area contributed by atoms with Crippen molar-refractivity contribution in [2.75, 3.05) is 40.1 Å². The smallest absolute Gasteiger partial charge is 0.122 e.